The van der Waals surface area contributed by atoms with E-state index in [9.17, 15) is 4.79 Å². The molecule has 0 spiro atoms. The number of carbonyl (C=O) groups excluding carboxylic acids is 1. The van der Waals surface area contributed by atoms with Crippen molar-refractivity contribution < 1.29 is 18.7 Å². The van der Waals surface area contributed by atoms with Crippen molar-refractivity contribution in [1.29, 1.82) is 0 Å². The highest BCUT2D eigenvalue weighted by Crippen LogP contribution is 2.44. The molecular weight excluding hydrogens is 463 g/mol. The quantitative estimate of drug-likeness (QED) is 0.592. The smallest absolute Gasteiger partial charge is 0.330 e. The van der Waals surface area contributed by atoms with Crippen LogP contribution in [0.25, 0.3) is 0 Å². The Morgan fingerprint density at radius 3 is 2.65 bits per heavy atom. The maximum Gasteiger partial charge on any atom is 0.330 e. The largest absolute Gasteiger partial charge is 0.493 e. The number of aromatic nitrogens is 2. The van der Waals surface area contributed by atoms with Crippen LogP contribution in [-0.4, -0.2) is 48.3 Å². The zero-order valence-electron chi connectivity index (χ0n) is 19.6. The highest BCUT2D eigenvalue weighted by Gasteiger charge is 2.36. The summed E-state index contributed by atoms with van der Waals surface area (Å²) in [7, 11) is 1.35. The van der Waals surface area contributed by atoms with Gasteiger partial charge in [0, 0.05) is 36.5 Å². The summed E-state index contributed by atoms with van der Waals surface area (Å²) < 4.78 is 26.1. The number of halogens is 2. The molecule has 2 amide bonds. The van der Waals surface area contributed by atoms with E-state index in [1.807, 2.05) is 6.92 Å². The first-order chi connectivity index (χ1) is 16.4. The lowest BCUT2D eigenvalue weighted by molar-refractivity contribution is 0.249. The summed E-state index contributed by atoms with van der Waals surface area (Å²) in [4.78, 5) is 25.3. The third kappa shape index (κ3) is 4.56. The average molecular weight is 493 g/mol. The van der Waals surface area contributed by atoms with Gasteiger partial charge in [-0.1, -0.05) is 11.6 Å². The summed E-state index contributed by atoms with van der Waals surface area (Å²) in [6.07, 6.45) is 5.46. The minimum absolute atomic E-state index is 0.00251. The van der Waals surface area contributed by atoms with Gasteiger partial charge in [0.2, 0.25) is 5.95 Å². The van der Waals surface area contributed by atoms with E-state index < -0.39 is 11.8 Å². The highest BCUT2D eigenvalue weighted by atomic mass is 35.5. The fraction of sp³-hybridized carbons (Fsp3) is 0.522. The van der Waals surface area contributed by atoms with Crippen LogP contribution in [0.2, 0.25) is 5.02 Å². The molecular formula is C23H30ClFN6O3. The molecule has 1 aliphatic carbocycles. The molecule has 1 aliphatic heterocycles. The Bertz CT molecular complexity index is 1060. The normalized spacial score (nSPS) is 20.2. The zero-order chi connectivity index (χ0) is 24.4. The van der Waals surface area contributed by atoms with Crippen LogP contribution < -0.4 is 30.3 Å². The average Bonchev–Trinajstić information content (AvgIpc) is 2.83. The number of nitrogens with two attached hydrogens (primary N) is 1. The number of anilines is 3. The van der Waals surface area contributed by atoms with Crippen molar-refractivity contribution >= 4 is 35.1 Å². The molecule has 34 heavy (non-hydrogen) atoms. The second-order valence-electron chi connectivity index (χ2n) is 8.40. The summed E-state index contributed by atoms with van der Waals surface area (Å²) in [5.41, 5.74) is 6.58. The molecule has 3 N–H and O–H groups in total. The standard InChI is InChI=1S/C23H30ClFN6O3/c1-4-30-21-13(11-27-22(29-21)28-15-8-6-14(26)7-9-15)12-31(23(30)32)20-18(24)16(34-5-2)10-17(33-3)19(20)25/h10-11,14-15H,4-9,12,26H2,1-3H3,(H,27,28,29). The molecule has 11 heteroatoms. The Kier molecular flexibility index (Phi) is 7.27. The van der Waals surface area contributed by atoms with Gasteiger partial charge < -0.3 is 20.5 Å². The number of nitrogens with zero attached hydrogens (tertiary/aromatic N) is 4. The van der Waals surface area contributed by atoms with Gasteiger partial charge in [-0.25, -0.2) is 14.2 Å². The number of methoxy groups -OCH3 is 1. The summed E-state index contributed by atoms with van der Waals surface area (Å²) in [5, 5.41) is 3.37. The van der Waals surface area contributed by atoms with E-state index in [4.69, 9.17) is 26.8 Å². The number of nitrogens with one attached hydrogen (secondary N) is 1. The molecule has 0 radical (unpaired) electrons. The predicted octanol–water partition coefficient (Wildman–Crippen LogP) is 4.32. The molecule has 184 valence electrons. The fourth-order valence-corrected chi connectivity index (χ4v) is 4.71. The van der Waals surface area contributed by atoms with Crippen molar-refractivity contribution in [2.75, 3.05) is 35.4 Å². The molecule has 1 fully saturated rings. The Hall–Kier alpha value is -2.85. The van der Waals surface area contributed by atoms with Crippen molar-refractivity contribution in [2.45, 2.75) is 58.2 Å². The number of hydrogen-bond donors (Lipinski definition) is 2. The number of fused-ring (bicyclic) bond motifs is 1. The van der Waals surface area contributed by atoms with Gasteiger partial charge in [0.15, 0.2) is 11.6 Å². The Morgan fingerprint density at radius 1 is 1.26 bits per heavy atom. The lowest BCUT2D eigenvalue weighted by Gasteiger charge is -2.36. The van der Waals surface area contributed by atoms with Crippen LogP contribution in [0.5, 0.6) is 11.5 Å². The minimum atomic E-state index is -0.737. The number of carbonyl (C=O) groups is 1. The van der Waals surface area contributed by atoms with Crippen LogP contribution in [0.15, 0.2) is 12.3 Å². The van der Waals surface area contributed by atoms with Gasteiger partial charge in [0.25, 0.3) is 0 Å². The first-order valence-corrected chi connectivity index (χ1v) is 11.9. The van der Waals surface area contributed by atoms with Crippen LogP contribution in [0.1, 0.15) is 45.1 Å². The molecule has 0 unspecified atom stereocenters. The summed E-state index contributed by atoms with van der Waals surface area (Å²) in [5.74, 6) is 0.398. The molecule has 2 heterocycles. The van der Waals surface area contributed by atoms with Gasteiger partial charge in [0.1, 0.15) is 22.3 Å². The van der Waals surface area contributed by atoms with Crippen LogP contribution in [-0.2, 0) is 6.54 Å². The molecule has 9 nitrogen and oxygen atoms in total. The predicted molar refractivity (Wildman–Crippen MR) is 130 cm³/mol. The van der Waals surface area contributed by atoms with Gasteiger partial charge in [-0.15, -0.1) is 0 Å². The molecule has 0 saturated heterocycles. The number of hydrogen-bond acceptors (Lipinski definition) is 7. The number of amides is 2. The Labute approximate surface area is 203 Å². The lowest BCUT2D eigenvalue weighted by Crippen LogP contribution is -2.48. The molecule has 1 saturated carbocycles. The fourth-order valence-electron chi connectivity index (χ4n) is 4.41. The van der Waals surface area contributed by atoms with E-state index in [0.717, 1.165) is 25.7 Å². The van der Waals surface area contributed by atoms with E-state index in [-0.39, 0.29) is 40.8 Å². The zero-order valence-corrected chi connectivity index (χ0v) is 20.4. The third-order valence-corrected chi connectivity index (χ3v) is 6.57. The maximum atomic E-state index is 15.3. The van der Waals surface area contributed by atoms with Crippen molar-refractivity contribution in [1.82, 2.24) is 9.97 Å². The van der Waals surface area contributed by atoms with E-state index in [2.05, 4.69) is 15.3 Å². The lowest BCUT2D eigenvalue weighted by atomic mass is 9.92. The third-order valence-electron chi connectivity index (χ3n) is 6.21. The Balaban J connectivity index is 1.68. The molecule has 1 aromatic carbocycles. The minimum Gasteiger partial charge on any atom is -0.493 e. The Morgan fingerprint density at radius 2 is 2.00 bits per heavy atom. The van der Waals surface area contributed by atoms with Crippen molar-refractivity contribution in [3.63, 3.8) is 0 Å². The van der Waals surface area contributed by atoms with Gasteiger partial charge in [0.05, 0.1) is 20.3 Å². The molecule has 1 aromatic heterocycles. The number of ether oxygens (including phenoxy) is 2. The molecule has 2 aromatic rings. The first kappa shape index (κ1) is 24.3. The number of urea groups is 1. The molecule has 0 bridgehead atoms. The van der Waals surface area contributed by atoms with Crippen LogP contribution >= 0.6 is 11.6 Å². The van der Waals surface area contributed by atoms with Crippen molar-refractivity contribution in [3.05, 3.63) is 28.7 Å². The van der Waals surface area contributed by atoms with Gasteiger partial charge >= 0.3 is 6.03 Å². The second kappa shape index (κ2) is 10.2. The monoisotopic (exact) mass is 492 g/mol. The van der Waals surface area contributed by atoms with E-state index in [0.29, 0.717) is 30.5 Å². The summed E-state index contributed by atoms with van der Waals surface area (Å²) in [6.45, 7) is 4.33. The topological polar surface area (TPSA) is 106 Å². The van der Waals surface area contributed by atoms with Gasteiger partial charge in [-0.2, -0.15) is 4.98 Å². The molecule has 4 rings (SSSR count). The maximum absolute atomic E-state index is 15.3. The summed E-state index contributed by atoms with van der Waals surface area (Å²) >= 11 is 6.50. The van der Waals surface area contributed by atoms with E-state index >= 15 is 4.39 Å². The van der Waals surface area contributed by atoms with Gasteiger partial charge in [-0.05, 0) is 39.5 Å². The van der Waals surface area contributed by atoms with Crippen LogP contribution in [0, 0.1) is 5.82 Å². The molecule has 0 atom stereocenters. The second-order valence-corrected chi connectivity index (χ2v) is 8.78. The van der Waals surface area contributed by atoms with Crippen LogP contribution in [0.3, 0.4) is 0 Å². The highest BCUT2D eigenvalue weighted by molar-refractivity contribution is 6.35. The van der Waals surface area contributed by atoms with Crippen molar-refractivity contribution in [3.8, 4) is 11.5 Å². The van der Waals surface area contributed by atoms with Crippen molar-refractivity contribution in [2.24, 2.45) is 5.73 Å². The van der Waals surface area contributed by atoms with E-state index in [1.165, 1.54) is 23.0 Å². The number of rotatable bonds is 7. The first-order valence-electron chi connectivity index (χ1n) is 11.5. The van der Waals surface area contributed by atoms with Crippen LogP contribution in [0.4, 0.5) is 26.6 Å². The van der Waals surface area contributed by atoms with Gasteiger partial charge in [-0.3, -0.25) is 9.80 Å². The SMILES string of the molecule is CCOc1cc(OC)c(F)c(N2Cc3cnc(NC4CCC(N)CC4)nc3N(CC)C2=O)c1Cl. The molecule has 2 aliphatic rings. The number of benzene rings is 1. The summed E-state index contributed by atoms with van der Waals surface area (Å²) in [6, 6.07) is 1.42. The van der Waals surface area contributed by atoms with E-state index in [1.54, 1.807) is 13.1 Å².